The fraction of sp³-hybridized carbons (Fsp3) is 0.238. The van der Waals surface area contributed by atoms with E-state index in [9.17, 15) is 14.1 Å². The van der Waals surface area contributed by atoms with Crippen LogP contribution in [-0.2, 0) is 13.0 Å². The zero-order chi connectivity index (χ0) is 18.8. The van der Waals surface area contributed by atoms with Crippen molar-refractivity contribution in [3.8, 4) is 11.8 Å². The van der Waals surface area contributed by atoms with Gasteiger partial charge in [-0.25, -0.2) is 9.37 Å². The number of fused-ring (bicyclic) bond motifs is 2. The quantitative estimate of drug-likeness (QED) is 0.493. The summed E-state index contributed by atoms with van der Waals surface area (Å²) in [4.78, 5) is 28.3. The number of halogens is 1. The Balaban J connectivity index is 1.74. The molecule has 1 aliphatic rings. The molecule has 1 unspecified atom stereocenters. The van der Waals surface area contributed by atoms with Crippen LogP contribution in [0.1, 0.15) is 29.8 Å². The van der Waals surface area contributed by atoms with Crippen molar-refractivity contribution in [3.63, 3.8) is 0 Å². The van der Waals surface area contributed by atoms with Crippen molar-refractivity contribution in [2.24, 2.45) is 5.18 Å². The van der Waals surface area contributed by atoms with Gasteiger partial charge in [0.15, 0.2) is 0 Å². The van der Waals surface area contributed by atoms with Crippen molar-refractivity contribution in [1.82, 2.24) is 9.55 Å². The van der Waals surface area contributed by atoms with Crippen LogP contribution in [0.5, 0.6) is 0 Å². The fourth-order valence-corrected chi connectivity index (χ4v) is 3.30. The Bertz CT molecular complexity index is 1160. The van der Waals surface area contributed by atoms with Crippen molar-refractivity contribution in [2.75, 3.05) is 0 Å². The van der Waals surface area contributed by atoms with Gasteiger partial charge in [-0.3, -0.25) is 9.36 Å². The molecule has 0 saturated heterocycles. The number of benzene rings is 2. The molecule has 0 saturated carbocycles. The molecule has 0 aliphatic carbocycles. The molecule has 27 heavy (non-hydrogen) atoms. The maximum atomic E-state index is 13.3. The largest absolute Gasteiger partial charge is 0.296 e. The minimum Gasteiger partial charge on any atom is -0.296 e. The molecule has 2 aromatic carbocycles. The highest BCUT2D eigenvalue weighted by Crippen LogP contribution is 2.18. The first-order valence-corrected chi connectivity index (χ1v) is 8.77. The average molecular weight is 361 g/mol. The third-order valence-electron chi connectivity index (χ3n) is 4.75. The van der Waals surface area contributed by atoms with Gasteiger partial charge in [-0.05, 0) is 49.2 Å². The van der Waals surface area contributed by atoms with Gasteiger partial charge in [-0.15, -0.1) is 0 Å². The topological polar surface area (TPSA) is 64.3 Å². The highest BCUT2D eigenvalue weighted by Gasteiger charge is 2.19. The van der Waals surface area contributed by atoms with Crippen LogP contribution in [0.4, 0.5) is 4.39 Å². The summed E-state index contributed by atoms with van der Waals surface area (Å²) >= 11 is 0. The number of aryl methyl sites for hydroxylation is 1. The molecule has 1 atom stereocenters. The summed E-state index contributed by atoms with van der Waals surface area (Å²) < 4.78 is 14.9. The molecule has 0 radical (unpaired) electrons. The van der Waals surface area contributed by atoms with Gasteiger partial charge in [-0.1, -0.05) is 23.1 Å². The third-order valence-corrected chi connectivity index (χ3v) is 4.75. The van der Waals surface area contributed by atoms with Crippen molar-refractivity contribution in [1.29, 1.82) is 0 Å². The molecular weight excluding hydrogens is 345 g/mol. The Hall–Kier alpha value is -3.33. The molecule has 1 aliphatic heterocycles. The van der Waals surface area contributed by atoms with Crippen LogP contribution < -0.4 is 5.56 Å². The predicted molar refractivity (Wildman–Crippen MR) is 101 cm³/mol. The lowest BCUT2D eigenvalue weighted by atomic mass is 10.1. The molecule has 1 aromatic heterocycles. The second kappa shape index (κ2) is 7.12. The zero-order valence-electron chi connectivity index (χ0n) is 14.5. The highest BCUT2D eigenvalue weighted by atomic mass is 19.1. The molecule has 2 heterocycles. The number of aromatic nitrogens is 2. The number of nitrogens with zero attached hydrogens (tertiary/aromatic N) is 3. The number of hydrogen-bond donors (Lipinski definition) is 0. The Kier molecular flexibility index (Phi) is 4.51. The molecule has 3 aromatic rings. The summed E-state index contributed by atoms with van der Waals surface area (Å²) in [7, 11) is 0. The van der Waals surface area contributed by atoms with Gasteiger partial charge in [0.05, 0.1) is 16.9 Å². The first-order valence-electron chi connectivity index (χ1n) is 8.77. The maximum Gasteiger partial charge on any atom is 0.261 e. The summed E-state index contributed by atoms with van der Waals surface area (Å²) in [6, 6.07) is 11.1. The lowest BCUT2D eigenvalue weighted by Gasteiger charge is -2.09. The SMILES string of the molecule is O=NC1CCc2nc3cc(C#Cc4cccc(F)c4)ccc3c(=O)n2CC1. The van der Waals surface area contributed by atoms with Gasteiger partial charge in [0.25, 0.3) is 5.56 Å². The van der Waals surface area contributed by atoms with Gasteiger partial charge < -0.3 is 0 Å². The van der Waals surface area contributed by atoms with Crippen LogP contribution in [0.2, 0.25) is 0 Å². The number of rotatable bonds is 1. The first-order chi connectivity index (χ1) is 13.1. The third kappa shape index (κ3) is 3.49. The second-order valence-electron chi connectivity index (χ2n) is 6.56. The van der Waals surface area contributed by atoms with Crippen LogP contribution in [0.15, 0.2) is 52.4 Å². The van der Waals surface area contributed by atoms with E-state index in [1.807, 2.05) is 0 Å². The van der Waals surface area contributed by atoms with Crippen molar-refractivity contribution in [3.05, 3.63) is 80.5 Å². The van der Waals surface area contributed by atoms with E-state index in [2.05, 4.69) is 22.0 Å². The molecule has 4 rings (SSSR count). The van der Waals surface area contributed by atoms with E-state index in [4.69, 9.17) is 0 Å². The van der Waals surface area contributed by atoms with Crippen molar-refractivity contribution < 1.29 is 4.39 Å². The maximum absolute atomic E-state index is 13.3. The summed E-state index contributed by atoms with van der Waals surface area (Å²) in [6.45, 7) is 0.453. The Morgan fingerprint density at radius 1 is 1.11 bits per heavy atom. The molecule has 0 N–H and O–H groups in total. The van der Waals surface area contributed by atoms with Crippen molar-refractivity contribution in [2.45, 2.75) is 31.8 Å². The van der Waals surface area contributed by atoms with Crippen LogP contribution in [0.25, 0.3) is 10.9 Å². The normalized spacial score (nSPS) is 16.1. The Morgan fingerprint density at radius 2 is 1.93 bits per heavy atom. The van der Waals surface area contributed by atoms with E-state index in [0.717, 1.165) is 0 Å². The first kappa shape index (κ1) is 17.1. The van der Waals surface area contributed by atoms with E-state index in [-0.39, 0.29) is 17.4 Å². The lowest BCUT2D eigenvalue weighted by molar-refractivity contribution is 0.548. The number of nitroso groups, excluding NO2 is 1. The molecule has 0 spiro atoms. The Labute approximate surface area is 154 Å². The smallest absolute Gasteiger partial charge is 0.261 e. The van der Waals surface area contributed by atoms with Gasteiger partial charge >= 0.3 is 0 Å². The lowest BCUT2D eigenvalue weighted by Crippen LogP contribution is -2.24. The van der Waals surface area contributed by atoms with E-state index >= 15 is 0 Å². The minimum absolute atomic E-state index is 0.105. The summed E-state index contributed by atoms with van der Waals surface area (Å²) in [5.41, 5.74) is 1.75. The zero-order valence-corrected chi connectivity index (χ0v) is 14.5. The van der Waals surface area contributed by atoms with Gasteiger partial charge in [0.2, 0.25) is 0 Å². The van der Waals surface area contributed by atoms with E-state index < -0.39 is 0 Å². The molecule has 134 valence electrons. The second-order valence-corrected chi connectivity index (χ2v) is 6.56. The van der Waals surface area contributed by atoms with Crippen LogP contribution in [0, 0.1) is 22.6 Å². The van der Waals surface area contributed by atoms with Crippen LogP contribution >= 0.6 is 0 Å². The van der Waals surface area contributed by atoms with Crippen LogP contribution in [0.3, 0.4) is 0 Å². The standard InChI is InChI=1S/C21H16FN3O2/c22-16-3-1-2-14(12-16)4-5-15-6-8-18-19(13-15)23-20-9-7-17(24-27)10-11-25(20)21(18)26/h1-3,6,8,12-13,17H,7,9-11H2. The summed E-state index contributed by atoms with van der Waals surface area (Å²) in [6.07, 6.45) is 1.70. The molecule has 0 amide bonds. The fourth-order valence-electron chi connectivity index (χ4n) is 3.30. The monoisotopic (exact) mass is 361 g/mol. The van der Waals surface area contributed by atoms with E-state index in [1.165, 1.54) is 12.1 Å². The minimum atomic E-state index is -0.333. The van der Waals surface area contributed by atoms with Gasteiger partial charge in [0.1, 0.15) is 11.6 Å². The van der Waals surface area contributed by atoms with Crippen LogP contribution in [-0.4, -0.2) is 15.6 Å². The average Bonchev–Trinajstić information content (AvgIpc) is 2.89. The summed E-state index contributed by atoms with van der Waals surface area (Å²) in [5, 5.41) is 3.65. The molecule has 0 bridgehead atoms. The predicted octanol–water partition coefficient (Wildman–Crippen LogP) is 3.41. The molecule has 5 nitrogen and oxygen atoms in total. The van der Waals surface area contributed by atoms with Crippen molar-refractivity contribution >= 4 is 10.9 Å². The highest BCUT2D eigenvalue weighted by molar-refractivity contribution is 5.79. The molecule has 6 heteroatoms. The van der Waals surface area contributed by atoms with E-state index in [0.29, 0.717) is 53.7 Å². The van der Waals surface area contributed by atoms with Gasteiger partial charge in [-0.2, -0.15) is 4.91 Å². The van der Waals surface area contributed by atoms with E-state index in [1.54, 1.807) is 34.9 Å². The molecule has 0 fully saturated rings. The molecular formula is C21H16FN3O2. The number of hydrogen-bond acceptors (Lipinski definition) is 4. The van der Waals surface area contributed by atoms with Gasteiger partial charge in [0, 0.05) is 24.1 Å². The summed E-state index contributed by atoms with van der Waals surface area (Å²) in [5.74, 6) is 6.25. The Morgan fingerprint density at radius 3 is 2.70 bits per heavy atom.